The minimum atomic E-state index is -1.04. The number of hydrogen-bond donors (Lipinski definition) is 1. The molecule has 1 unspecified atom stereocenters. The number of carbonyl (C=O) groups is 3. The van der Waals surface area contributed by atoms with E-state index in [0.29, 0.717) is 10.0 Å². The van der Waals surface area contributed by atoms with Crippen molar-refractivity contribution < 1.29 is 33.3 Å². The number of hydrogen-bond acceptors (Lipinski definition) is 10. The summed E-state index contributed by atoms with van der Waals surface area (Å²) >= 11 is 3.36. The summed E-state index contributed by atoms with van der Waals surface area (Å²) in [5.74, 6) is -3.56. The third-order valence-corrected chi connectivity index (χ3v) is 6.15. The number of carbonyl (C=O) groups excluding carboxylic acids is 3. The van der Waals surface area contributed by atoms with Gasteiger partial charge in [0.15, 0.2) is 0 Å². The van der Waals surface area contributed by atoms with Crippen LogP contribution < -0.4 is 15.4 Å². The quantitative estimate of drug-likeness (QED) is 0.417. The van der Waals surface area contributed by atoms with Crippen molar-refractivity contribution in [3.05, 3.63) is 80.7 Å². The summed E-state index contributed by atoms with van der Waals surface area (Å²) in [6.07, 6.45) is 0. The number of nitrogens with two attached hydrogens (primary N) is 1. The Morgan fingerprint density at radius 2 is 1.58 bits per heavy atom. The van der Waals surface area contributed by atoms with E-state index in [-0.39, 0.29) is 39.7 Å². The Labute approximate surface area is 215 Å². The lowest BCUT2D eigenvalue weighted by Crippen LogP contribution is -2.41. The highest BCUT2D eigenvalue weighted by Crippen LogP contribution is 2.45. The molecule has 0 aliphatic carbocycles. The third kappa shape index (κ3) is 4.50. The van der Waals surface area contributed by atoms with E-state index in [4.69, 9.17) is 24.7 Å². The Morgan fingerprint density at radius 3 is 2.11 bits per heavy atom. The molecule has 3 rings (SSSR count). The van der Waals surface area contributed by atoms with E-state index in [1.165, 1.54) is 26.4 Å². The molecule has 11 heteroatoms. The Bertz CT molecular complexity index is 1330. The van der Waals surface area contributed by atoms with Gasteiger partial charge in [-0.05, 0) is 33.6 Å². The predicted molar refractivity (Wildman–Crippen MR) is 132 cm³/mol. The van der Waals surface area contributed by atoms with Crippen molar-refractivity contribution in [3.63, 3.8) is 0 Å². The zero-order chi connectivity index (χ0) is 26.6. The highest BCUT2D eigenvalue weighted by atomic mass is 79.9. The summed E-state index contributed by atoms with van der Waals surface area (Å²) in [6, 6.07) is 13.5. The van der Waals surface area contributed by atoms with Crippen LogP contribution in [0, 0.1) is 11.3 Å². The summed E-state index contributed by atoms with van der Waals surface area (Å²) in [7, 11) is 4.86. The van der Waals surface area contributed by atoms with Gasteiger partial charge in [0.2, 0.25) is 0 Å². The molecule has 0 spiro atoms. The van der Waals surface area contributed by atoms with E-state index < -0.39 is 23.8 Å². The molecule has 2 aromatic rings. The number of nitriles is 1. The van der Waals surface area contributed by atoms with E-state index in [1.807, 2.05) is 0 Å². The van der Waals surface area contributed by atoms with Crippen molar-refractivity contribution in [3.8, 4) is 11.8 Å². The molecule has 1 aliphatic rings. The number of benzene rings is 2. The fourth-order valence-corrected chi connectivity index (χ4v) is 4.41. The second kappa shape index (κ2) is 11.0. The number of methoxy groups -OCH3 is 4. The molecule has 0 saturated carbocycles. The fraction of sp³-hybridized carbons (Fsp3) is 0.200. The first-order chi connectivity index (χ1) is 17.2. The zero-order valence-electron chi connectivity index (χ0n) is 19.8. The SMILES string of the molecule is COC(=O)C1=C(C(=O)OC)N(c2cc(Br)c(OC)cc2C(=O)OC)C(N)=C(C#N)C1c1ccccc1. The second-order valence-corrected chi connectivity index (χ2v) is 8.19. The van der Waals surface area contributed by atoms with Crippen molar-refractivity contribution in [2.45, 2.75) is 5.92 Å². The Hall–Kier alpha value is -4.30. The van der Waals surface area contributed by atoms with E-state index in [2.05, 4.69) is 22.0 Å². The average Bonchev–Trinajstić information content (AvgIpc) is 2.91. The number of rotatable bonds is 6. The van der Waals surface area contributed by atoms with Crippen LogP contribution in [-0.4, -0.2) is 46.3 Å². The summed E-state index contributed by atoms with van der Waals surface area (Å²) < 4.78 is 20.6. The average molecular weight is 556 g/mol. The lowest BCUT2D eigenvalue weighted by Gasteiger charge is -2.36. The number of ether oxygens (including phenoxy) is 4. The van der Waals surface area contributed by atoms with Gasteiger partial charge in [0.25, 0.3) is 0 Å². The van der Waals surface area contributed by atoms with Gasteiger partial charge < -0.3 is 24.7 Å². The van der Waals surface area contributed by atoms with Crippen molar-refractivity contribution in [2.24, 2.45) is 5.73 Å². The molecule has 0 amide bonds. The van der Waals surface area contributed by atoms with Crippen molar-refractivity contribution in [2.75, 3.05) is 33.3 Å². The minimum absolute atomic E-state index is 0.0353. The minimum Gasteiger partial charge on any atom is -0.496 e. The number of nitrogens with zero attached hydrogens (tertiary/aromatic N) is 2. The van der Waals surface area contributed by atoms with Crippen LogP contribution in [0.1, 0.15) is 21.8 Å². The summed E-state index contributed by atoms with van der Waals surface area (Å²) in [5.41, 5.74) is 6.44. The third-order valence-electron chi connectivity index (χ3n) is 5.53. The number of esters is 3. The van der Waals surface area contributed by atoms with Crippen LogP contribution in [0.3, 0.4) is 0 Å². The van der Waals surface area contributed by atoms with Gasteiger partial charge in [0.05, 0.1) is 67.3 Å². The van der Waals surface area contributed by atoms with Crippen LogP contribution >= 0.6 is 15.9 Å². The molecule has 1 heterocycles. The lowest BCUT2D eigenvalue weighted by atomic mass is 9.80. The van der Waals surface area contributed by atoms with Crippen LogP contribution in [0.2, 0.25) is 0 Å². The van der Waals surface area contributed by atoms with E-state index >= 15 is 0 Å². The van der Waals surface area contributed by atoms with Gasteiger partial charge in [-0.25, -0.2) is 14.4 Å². The summed E-state index contributed by atoms with van der Waals surface area (Å²) in [5, 5.41) is 10.1. The molecule has 186 valence electrons. The molecule has 0 bridgehead atoms. The molecular weight excluding hydrogens is 534 g/mol. The number of anilines is 1. The smallest absolute Gasteiger partial charge is 0.355 e. The number of allylic oxidation sites excluding steroid dienone is 1. The summed E-state index contributed by atoms with van der Waals surface area (Å²) in [4.78, 5) is 40.2. The highest BCUT2D eigenvalue weighted by Gasteiger charge is 2.44. The maximum Gasteiger partial charge on any atom is 0.355 e. The van der Waals surface area contributed by atoms with Crippen LogP contribution in [0.5, 0.6) is 5.75 Å². The van der Waals surface area contributed by atoms with Crippen molar-refractivity contribution >= 4 is 39.5 Å². The van der Waals surface area contributed by atoms with Crippen molar-refractivity contribution in [1.29, 1.82) is 5.26 Å². The van der Waals surface area contributed by atoms with Gasteiger partial charge in [-0.15, -0.1) is 0 Å². The van der Waals surface area contributed by atoms with Crippen LogP contribution in [0.25, 0.3) is 0 Å². The van der Waals surface area contributed by atoms with Crippen molar-refractivity contribution in [1.82, 2.24) is 0 Å². The van der Waals surface area contributed by atoms with Gasteiger partial charge in [0, 0.05) is 0 Å². The standard InChI is InChI=1S/C25H22BrN3O7/c1-33-18-10-14(23(30)34-2)17(11-16(18)26)29-21(25(32)36-4)20(24(31)35-3)19(15(12-27)22(29)28)13-8-6-5-7-9-13/h5-11,19H,28H2,1-4H3. The molecule has 0 aromatic heterocycles. The molecule has 2 aromatic carbocycles. The molecule has 0 saturated heterocycles. The Morgan fingerprint density at radius 1 is 0.972 bits per heavy atom. The molecule has 10 nitrogen and oxygen atoms in total. The van der Waals surface area contributed by atoms with Gasteiger partial charge in [-0.2, -0.15) is 5.26 Å². The van der Waals surface area contributed by atoms with Crippen LogP contribution in [-0.2, 0) is 23.8 Å². The Balaban J connectivity index is 2.51. The largest absolute Gasteiger partial charge is 0.496 e. The maximum absolute atomic E-state index is 13.2. The molecule has 1 aliphatic heterocycles. The van der Waals surface area contributed by atoms with E-state index in [1.54, 1.807) is 30.3 Å². The zero-order valence-corrected chi connectivity index (χ0v) is 21.4. The molecular formula is C25H22BrN3O7. The van der Waals surface area contributed by atoms with Crippen LogP contribution in [0.4, 0.5) is 5.69 Å². The maximum atomic E-state index is 13.2. The van der Waals surface area contributed by atoms with E-state index in [0.717, 1.165) is 19.1 Å². The first-order valence-electron chi connectivity index (χ1n) is 10.4. The molecule has 0 fully saturated rings. The van der Waals surface area contributed by atoms with E-state index in [9.17, 15) is 19.6 Å². The molecule has 2 N–H and O–H groups in total. The predicted octanol–water partition coefficient (Wildman–Crippen LogP) is 3.14. The summed E-state index contributed by atoms with van der Waals surface area (Å²) in [6.45, 7) is 0. The molecule has 0 radical (unpaired) electrons. The van der Waals surface area contributed by atoms with Gasteiger partial charge in [0.1, 0.15) is 17.3 Å². The monoisotopic (exact) mass is 555 g/mol. The first kappa shape index (κ1) is 26.3. The Kier molecular flexibility index (Phi) is 8.01. The molecule has 36 heavy (non-hydrogen) atoms. The lowest BCUT2D eigenvalue weighted by molar-refractivity contribution is -0.139. The normalized spacial score (nSPS) is 15.2. The topological polar surface area (TPSA) is 141 Å². The van der Waals surface area contributed by atoms with Crippen LogP contribution in [0.15, 0.2) is 69.6 Å². The van der Waals surface area contributed by atoms with Gasteiger partial charge in [-0.3, -0.25) is 4.90 Å². The highest BCUT2D eigenvalue weighted by molar-refractivity contribution is 9.10. The second-order valence-electron chi connectivity index (χ2n) is 7.33. The fourth-order valence-electron chi connectivity index (χ4n) is 3.92. The first-order valence-corrected chi connectivity index (χ1v) is 11.2. The number of halogens is 1. The van der Waals surface area contributed by atoms with Gasteiger partial charge in [-0.1, -0.05) is 30.3 Å². The molecule has 1 atom stereocenters. The van der Waals surface area contributed by atoms with Gasteiger partial charge >= 0.3 is 17.9 Å².